The number of likely N-dealkylation sites (tertiary alicyclic amines) is 1. The standard InChI is InChI=1S/C15H22BrClN2/c1-10-5-11(2)9-19(8-10)15(7-18)12-3-4-13(16)14(17)6-12/h3-4,6,10-11,15H,5,7-9,18H2,1-2H3. The first-order valence-corrected chi connectivity index (χ1v) is 8.07. The van der Waals surface area contributed by atoms with Crippen molar-refractivity contribution >= 4 is 27.5 Å². The summed E-state index contributed by atoms with van der Waals surface area (Å²) in [5.74, 6) is 1.48. The van der Waals surface area contributed by atoms with Crippen LogP contribution in [0.4, 0.5) is 0 Å². The van der Waals surface area contributed by atoms with Crippen LogP contribution in [0.2, 0.25) is 5.02 Å². The van der Waals surface area contributed by atoms with Crippen LogP contribution in [0.15, 0.2) is 22.7 Å². The molecule has 0 spiro atoms. The summed E-state index contributed by atoms with van der Waals surface area (Å²) in [5.41, 5.74) is 7.24. The highest BCUT2D eigenvalue weighted by Gasteiger charge is 2.27. The molecule has 1 aliphatic rings. The van der Waals surface area contributed by atoms with Gasteiger partial charge in [-0.25, -0.2) is 0 Å². The summed E-state index contributed by atoms with van der Waals surface area (Å²) < 4.78 is 0.939. The minimum Gasteiger partial charge on any atom is -0.329 e. The molecular formula is C15H22BrClN2. The van der Waals surface area contributed by atoms with E-state index in [-0.39, 0.29) is 6.04 Å². The topological polar surface area (TPSA) is 29.3 Å². The summed E-state index contributed by atoms with van der Waals surface area (Å²) in [7, 11) is 0. The quantitative estimate of drug-likeness (QED) is 0.894. The Kier molecular flexibility index (Phi) is 5.29. The van der Waals surface area contributed by atoms with Gasteiger partial charge in [-0.15, -0.1) is 0 Å². The molecule has 3 atom stereocenters. The third-order valence-electron chi connectivity index (χ3n) is 3.89. The number of hydrogen-bond acceptors (Lipinski definition) is 2. The Labute approximate surface area is 129 Å². The van der Waals surface area contributed by atoms with Gasteiger partial charge in [0.1, 0.15) is 0 Å². The number of rotatable bonds is 3. The Bertz CT molecular complexity index is 428. The molecule has 106 valence electrons. The summed E-state index contributed by atoms with van der Waals surface area (Å²) in [6, 6.07) is 6.44. The number of piperidine rings is 1. The van der Waals surface area contributed by atoms with Crippen LogP contribution in [0, 0.1) is 11.8 Å². The minimum absolute atomic E-state index is 0.274. The lowest BCUT2D eigenvalue weighted by Crippen LogP contribution is -2.43. The van der Waals surface area contributed by atoms with Crippen molar-refractivity contribution in [3.05, 3.63) is 33.3 Å². The maximum absolute atomic E-state index is 6.20. The van der Waals surface area contributed by atoms with E-state index in [9.17, 15) is 0 Å². The van der Waals surface area contributed by atoms with Gasteiger partial charge in [0.25, 0.3) is 0 Å². The van der Waals surface area contributed by atoms with Crippen molar-refractivity contribution < 1.29 is 0 Å². The average molecular weight is 346 g/mol. The fraction of sp³-hybridized carbons (Fsp3) is 0.600. The fourth-order valence-electron chi connectivity index (χ4n) is 3.18. The second-order valence-electron chi connectivity index (χ2n) is 5.82. The van der Waals surface area contributed by atoms with Crippen LogP contribution in [-0.4, -0.2) is 24.5 Å². The van der Waals surface area contributed by atoms with Crippen LogP contribution in [-0.2, 0) is 0 Å². The monoisotopic (exact) mass is 344 g/mol. The third kappa shape index (κ3) is 3.72. The van der Waals surface area contributed by atoms with E-state index < -0.39 is 0 Å². The number of halogens is 2. The van der Waals surface area contributed by atoms with Gasteiger partial charge in [-0.3, -0.25) is 4.90 Å². The Morgan fingerprint density at radius 3 is 2.53 bits per heavy atom. The molecule has 0 aromatic heterocycles. The lowest BCUT2D eigenvalue weighted by Gasteiger charge is -2.40. The van der Waals surface area contributed by atoms with Crippen molar-refractivity contribution in [3.8, 4) is 0 Å². The van der Waals surface area contributed by atoms with Crippen molar-refractivity contribution in [2.75, 3.05) is 19.6 Å². The van der Waals surface area contributed by atoms with Crippen LogP contribution in [0.3, 0.4) is 0 Å². The normalized spacial score (nSPS) is 26.4. The zero-order chi connectivity index (χ0) is 14.0. The van der Waals surface area contributed by atoms with Gasteiger partial charge in [-0.2, -0.15) is 0 Å². The van der Waals surface area contributed by atoms with Crippen LogP contribution >= 0.6 is 27.5 Å². The Hall–Kier alpha value is -0.0900. The SMILES string of the molecule is CC1CC(C)CN(C(CN)c2ccc(Br)c(Cl)c2)C1. The molecule has 2 nitrogen and oxygen atoms in total. The summed E-state index contributed by atoms with van der Waals surface area (Å²) in [4.78, 5) is 2.51. The fourth-order valence-corrected chi connectivity index (χ4v) is 3.62. The Balaban J connectivity index is 2.21. The molecule has 2 N–H and O–H groups in total. The molecule has 0 aliphatic carbocycles. The van der Waals surface area contributed by atoms with E-state index in [1.807, 2.05) is 12.1 Å². The first kappa shape index (κ1) is 15.3. The second kappa shape index (κ2) is 6.57. The molecule has 1 heterocycles. The average Bonchev–Trinajstić information content (AvgIpc) is 2.33. The van der Waals surface area contributed by atoms with Gasteiger partial charge in [-0.1, -0.05) is 31.5 Å². The highest BCUT2D eigenvalue weighted by atomic mass is 79.9. The van der Waals surface area contributed by atoms with Crippen molar-refractivity contribution in [1.82, 2.24) is 4.90 Å². The predicted molar refractivity (Wildman–Crippen MR) is 85.5 cm³/mol. The van der Waals surface area contributed by atoms with E-state index in [0.717, 1.165) is 34.4 Å². The van der Waals surface area contributed by atoms with Gasteiger partial charge >= 0.3 is 0 Å². The molecule has 3 unspecified atom stereocenters. The highest BCUT2D eigenvalue weighted by Crippen LogP contribution is 2.32. The van der Waals surface area contributed by atoms with Crippen LogP contribution in [0.25, 0.3) is 0 Å². The van der Waals surface area contributed by atoms with Crippen molar-refractivity contribution in [2.45, 2.75) is 26.3 Å². The Morgan fingerprint density at radius 2 is 2.00 bits per heavy atom. The maximum atomic E-state index is 6.20. The van der Waals surface area contributed by atoms with Gasteiger partial charge in [0.2, 0.25) is 0 Å². The summed E-state index contributed by atoms with van der Waals surface area (Å²) in [5, 5.41) is 0.758. The molecular weight excluding hydrogens is 324 g/mol. The zero-order valence-corrected chi connectivity index (χ0v) is 13.9. The molecule has 2 rings (SSSR count). The van der Waals surface area contributed by atoms with E-state index in [1.54, 1.807) is 0 Å². The van der Waals surface area contributed by atoms with Crippen LogP contribution in [0.1, 0.15) is 31.9 Å². The molecule has 1 aliphatic heterocycles. The van der Waals surface area contributed by atoms with Gasteiger partial charge in [0.15, 0.2) is 0 Å². The molecule has 1 fully saturated rings. The van der Waals surface area contributed by atoms with Crippen molar-refractivity contribution in [2.24, 2.45) is 17.6 Å². The number of hydrogen-bond donors (Lipinski definition) is 1. The van der Waals surface area contributed by atoms with Gasteiger partial charge < -0.3 is 5.73 Å². The molecule has 0 radical (unpaired) electrons. The lowest BCUT2D eigenvalue weighted by molar-refractivity contribution is 0.0984. The first-order chi connectivity index (χ1) is 9.01. The van der Waals surface area contributed by atoms with E-state index in [4.69, 9.17) is 17.3 Å². The van der Waals surface area contributed by atoms with E-state index in [0.29, 0.717) is 6.54 Å². The number of nitrogens with two attached hydrogens (primary N) is 1. The van der Waals surface area contributed by atoms with E-state index in [1.165, 1.54) is 12.0 Å². The molecule has 19 heavy (non-hydrogen) atoms. The first-order valence-electron chi connectivity index (χ1n) is 6.90. The minimum atomic E-state index is 0.274. The zero-order valence-electron chi connectivity index (χ0n) is 11.6. The third-order valence-corrected chi connectivity index (χ3v) is 5.12. The number of nitrogens with zero attached hydrogens (tertiary/aromatic N) is 1. The summed E-state index contributed by atoms with van der Waals surface area (Å²) >= 11 is 9.64. The van der Waals surface area contributed by atoms with Gasteiger partial charge in [0.05, 0.1) is 5.02 Å². The van der Waals surface area contributed by atoms with Gasteiger partial charge in [0, 0.05) is 30.1 Å². The van der Waals surface area contributed by atoms with Crippen LogP contribution in [0.5, 0.6) is 0 Å². The molecule has 0 amide bonds. The Morgan fingerprint density at radius 1 is 1.37 bits per heavy atom. The van der Waals surface area contributed by atoms with Gasteiger partial charge in [-0.05, 0) is 51.9 Å². The lowest BCUT2D eigenvalue weighted by atomic mass is 9.90. The molecule has 1 aromatic rings. The molecule has 0 saturated carbocycles. The largest absolute Gasteiger partial charge is 0.329 e. The smallest absolute Gasteiger partial charge is 0.0551 e. The summed E-state index contributed by atoms with van der Waals surface area (Å²) in [6.07, 6.45) is 1.31. The molecule has 1 saturated heterocycles. The maximum Gasteiger partial charge on any atom is 0.0551 e. The van der Waals surface area contributed by atoms with Crippen LogP contribution < -0.4 is 5.73 Å². The van der Waals surface area contributed by atoms with Crippen molar-refractivity contribution in [3.63, 3.8) is 0 Å². The van der Waals surface area contributed by atoms with E-state index in [2.05, 4.69) is 40.7 Å². The predicted octanol–water partition coefficient (Wildman–Crippen LogP) is 4.08. The van der Waals surface area contributed by atoms with Crippen molar-refractivity contribution in [1.29, 1.82) is 0 Å². The molecule has 1 aromatic carbocycles. The second-order valence-corrected chi connectivity index (χ2v) is 7.09. The molecule has 0 bridgehead atoms. The van der Waals surface area contributed by atoms with E-state index >= 15 is 0 Å². The highest BCUT2D eigenvalue weighted by molar-refractivity contribution is 9.10. The summed E-state index contributed by atoms with van der Waals surface area (Å²) in [6.45, 7) is 7.53. The number of benzene rings is 1. The molecule has 4 heteroatoms.